The molecule has 101 heavy (non-hydrogen) atoms. The van der Waals surface area contributed by atoms with E-state index in [9.17, 15) is 108 Å². The molecule has 1 heterocycles. The molecule has 0 unspecified atom stereocenters. The van der Waals surface area contributed by atoms with Crippen LogP contribution in [0.2, 0.25) is 0 Å². The van der Waals surface area contributed by atoms with E-state index in [0.29, 0.717) is 17.5 Å². The first kappa shape index (κ1) is 85.6. The van der Waals surface area contributed by atoms with Crippen molar-refractivity contribution in [1.82, 2.24) is 63.4 Å². The van der Waals surface area contributed by atoms with Crippen molar-refractivity contribution in [3.8, 4) is 5.75 Å². The van der Waals surface area contributed by atoms with Gasteiger partial charge in [0.05, 0.1) is 38.0 Å². The van der Waals surface area contributed by atoms with Gasteiger partial charge in [0.25, 0.3) is 0 Å². The molecular formula is C63H95N15O22S. The molecular weight excluding hydrogens is 1350 g/mol. The van der Waals surface area contributed by atoms with E-state index in [-0.39, 0.29) is 69.5 Å². The number of benzene rings is 2. The number of amides is 13. The quantitative estimate of drug-likeness (QED) is 0.0274. The first-order chi connectivity index (χ1) is 47.7. The number of hydrogen-bond donors (Lipinski definition) is 21. The summed E-state index contributed by atoms with van der Waals surface area (Å²) in [5.41, 5.74) is 18.2. The molecule has 1 aliphatic rings. The van der Waals surface area contributed by atoms with Crippen molar-refractivity contribution in [2.24, 2.45) is 17.2 Å². The van der Waals surface area contributed by atoms with Gasteiger partial charge in [-0.05, 0) is 120 Å². The summed E-state index contributed by atoms with van der Waals surface area (Å²) in [6, 6.07) is -5.08. The molecule has 38 heteroatoms. The number of aliphatic hydroxyl groups is 4. The van der Waals surface area contributed by atoms with Crippen molar-refractivity contribution >= 4 is 100 Å². The zero-order valence-electron chi connectivity index (χ0n) is 56.3. The largest absolute Gasteiger partial charge is 0.508 e. The summed E-state index contributed by atoms with van der Waals surface area (Å²) in [4.78, 5) is 201. The Balaban J connectivity index is 1.78. The van der Waals surface area contributed by atoms with Gasteiger partial charge < -0.3 is 116 Å². The Bertz CT molecular complexity index is 3170. The highest BCUT2D eigenvalue weighted by Gasteiger charge is 2.41. The Morgan fingerprint density at radius 2 is 1.02 bits per heavy atom. The van der Waals surface area contributed by atoms with Gasteiger partial charge >= 0.3 is 11.9 Å². The molecule has 560 valence electrons. The van der Waals surface area contributed by atoms with Gasteiger partial charge in [0.15, 0.2) is 0 Å². The normalized spacial score (nSPS) is 16.5. The van der Waals surface area contributed by atoms with Crippen molar-refractivity contribution in [3.63, 3.8) is 0 Å². The number of nitrogens with zero attached hydrogens (tertiary/aromatic N) is 1. The van der Waals surface area contributed by atoms with Crippen LogP contribution in [-0.2, 0) is 84.8 Å². The number of hydrogen-bond acceptors (Lipinski definition) is 23. The summed E-state index contributed by atoms with van der Waals surface area (Å²) in [5, 5.41) is 96.7. The molecule has 0 radical (unpaired) electrons. The van der Waals surface area contributed by atoms with Crippen LogP contribution in [0.3, 0.4) is 0 Å². The van der Waals surface area contributed by atoms with Crippen molar-refractivity contribution in [2.45, 2.75) is 183 Å². The second-order valence-corrected chi connectivity index (χ2v) is 24.9. The SMILES string of the molecule is CSCC[C@H](NC(=O)[C@H](Cc1ccccc1)NC(=O)CNC(=O)[C@@H](C)NC(=O)[C@@H](N)Cc1ccc(O)cc1)C(=O)N[C@H](C(=O)N[C@@H](CO)C(=O)N[C@@H](CCC(=O)O)C(=O)N[C@@H](CCCCN)C(=O)N[C@@H](CO)C(=O)N[C@@H](CCC(N)=O)C(=O)N[C@H](C(=O)N1CCC[C@H]1C(=O)O)[C@@H](C)O)[C@@H](C)O. The number of aliphatic hydroxyl groups excluding tert-OH is 4. The van der Waals surface area contributed by atoms with Gasteiger partial charge in [0.1, 0.15) is 72.2 Å². The molecule has 3 rings (SSSR count). The molecule has 2 aromatic rings. The minimum absolute atomic E-state index is 0.0114. The highest BCUT2D eigenvalue weighted by molar-refractivity contribution is 7.98. The van der Waals surface area contributed by atoms with Crippen LogP contribution in [0.4, 0.5) is 0 Å². The second-order valence-electron chi connectivity index (χ2n) is 24.0. The standard InChI is InChI=1S/C63H95N15O22S/c1-32(68-53(89)38(65)27-36-15-17-37(83)18-16-36)52(88)67-29-48(85)69-43(28-35-11-6-5-7-12-35)58(94)73-42(23-26-101-4)57(93)76-50(33(2)81)61(97)75-45(31-80)60(96)72-41(20-22-49(86)87)55(91)70-39(13-8-9-24-64)54(90)74-44(30-79)59(95)71-40(19-21-47(66)84)56(92)77-51(34(3)82)62(98)78-25-10-14-46(78)63(99)100/h5-7,11-12,15-18,32-34,38-46,50-51,79-83H,8-10,13-14,19-31,64-65H2,1-4H3,(H2,66,84)(H,67,88)(H,68,89)(H,69,85)(H,70,91)(H,71,95)(H,72,96)(H,73,94)(H,74,90)(H,75,97)(H,76,93)(H,77,92)(H,86,87)(H,99,100)/t32-,33-,34-,38+,39+,40+,41+,42+,43+,44+,45+,46+,50+,51+/m1/s1. The molecule has 13 amide bonds. The lowest BCUT2D eigenvalue weighted by molar-refractivity contribution is -0.150. The number of rotatable bonds is 45. The summed E-state index contributed by atoms with van der Waals surface area (Å²) in [6.45, 7) is 0.508. The maximum absolute atomic E-state index is 14.2. The number of phenols is 1. The first-order valence-corrected chi connectivity index (χ1v) is 33.8. The van der Waals surface area contributed by atoms with E-state index in [1.807, 2.05) is 0 Å². The number of aromatic hydroxyl groups is 1. The molecule has 2 aromatic carbocycles. The molecule has 24 N–H and O–H groups in total. The molecule has 14 atom stereocenters. The van der Waals surface area contributed by atoms with Crippen LogP contribution in [0.25, 0.3) is 0 Å². The topological polar surface area (TPSA) is 611 Å². The molecule has 1 fully saturated rings. The van der Waals surface area contributed by atoms with E-state index in [0.717, 1.165) is 18.7 Å². The number of carbonyl (C=O) groups excluding carboxylic acids is 13. The van der Waals surface area contributed by atoms with Crippen LogP contribution in [0.5, 0.6) is 5.75 Å². The number of carbonyl (C=O) groups is 15. The Labute approximate surface area is 585 Å². The van der Waals surface area contributed by atoms with Crippen molar-refractivity contribution in [3.05, 3.63) is 65.7 Å². The zero-order valence-corrected chi connectivity index (χ0v) is 57.2. The maximum Gasteiger partial charge on any atom is 0.326 e. The van der Waals surface area contributed by atoms with E-state index in [4.69, 9.17) is 17.2 Å². The van der Waals surface area contributed by atoms with Gasteiger partial charge in [-0.1, -0.05) is 42.5 Å². The van der Waals surface area contributed by atoms with Gasteiger partial charge in [-0.2, -0.15) is 11.8 Å². The maximum atomic E-state index is 14.2. The number of aliphatic carboxylic acids is 2. The number of likely N-dealkylation sites (tertiary alicyclic amines) is 1. The van der Waals surface area contributed by atoms with Crippen LogP contribution in [-0.4, -0.2) is 259 Å². The Hall–Kier alpha value is -9.60. The Morgan fingerprint density at radius 3 is 1.52 bits per heavy atom. The zero-order chi connectivity index (χ0) is 75.6. The first-order valence-electron chi connectivity index (χ1n) is 32.4. The fraction of sp³-hybridized carbons (Fsp3) is 0.571. The molecule has 0 aliphatic carbocycles. The van der Waals surface area contributed by atoms with Gasteiger partial charge in [-0.25, -0.2) is 4.79 Å². The lowest BCUT2D eigenvalue weighted by Crippen LogP contribution is -2.62. The number of carboxylic acid groups (broad SMARTS) is 2. The molecule has 0 bridgehead atoms. The number of thioether (sulfide) groups is 1. The third-order valence-electron chi connectivity index (χ3n) is 15.8. The molecule has 37 nitrogen and oxygen atoms in total. The van der Waals surface area contributed by atoms with E-state index in [2.05, 4.69) is 58.5 Å². The van der Waals surface area contributed by atoms with E-state index in [1.165, 1.54) is 30.8 Å². The number of carboxylic acids is 2. The van der Waals surface area contributed by atoms with E-state index < -0.39 is 219 Å². The van der Waals surface area contributed by atoms with Crippen molar-refractivity contribution in [1.29, 1.82) is 0 Å². The molecule has 1 aliphatic heterocycles. The van der Waals surface area contributed by atoms with Crippen LogP contribution in [0.1, 0.15) is 96.1 Å². The minimum atomic E-state index is -2.02. The molecule has 0 spiro atoms. The number of unbranched alkanes of at least 4 members (excludes halogenated alkanes) is 1. The summed E-state index contributed by atoms with van der Waals surface area (Å²) in [5.74, 6) is -16.3. The van der Waals surface area contributed by atoms with Crippen molar-refractivity contribution in [2.75, 3.05) is 44.9 Å². The summed E-state index contributed by atoms with van der Waals surface area (Å²) < 4.78 is 0. The third kappa shape index (κ3) is 29.6. The van der Waals surface area contributed by atoms with Crippen LogP contribution in [0, 0.1) is 0 Å². The lowest BCUT2D eigenvalue weighted by atomic mass is 10.0. The van der Waals surface area contributed by atoms with Crippen molar-refractivity contribution < 1.29 is 108 Å². The van der Waals surface area contributed by atoms with Gasteiger partial charge in [0, 0.05) is 25.8 Å². The third-order valence-corrected chi connectivity index (χ3v) is 16.5. The second kappa shape index (κ2) is 43.8. The van der Waals surface area contributed by atoms with Gasteiger partial charge in [0.2, 0.25) is 76.8 Å². The minimum Gasteiger partial charge on any atom is -0.508 e. The number of phenolic OH excluding ortho intramolecular Hbond substituents is 1. The predicted molar refractivity (Wildman–Crippen MR) is 359 cm³/mol. The fourth-order valence-electron chi connectivity index (χ4n) is 10.1. The number of nitrogens with one attached hydrogen (secondary N) is 11. The van der Waals surface area contributed by atoms with Gasteiger partial charge in [-0.15, -0.1) is 0 Å². The molecule has 0 aromatic heterocycles. The summed E-state index contributed by atoms with van der Waals surface area (Å²) in [6.07, 6.45) is -4.01. The average molecular weight is 1450 g/mol. The summed E-state index contributed by atoms with van der Waals surface area (Å²) in [7, 11) is 0. The van der Waals surface area contributed by atoms with Crippen LogP contribution >= 0.6 is 11.8 Å². The van der Waals surface area contributed by atoms with Gasteiger partial charge in [-0.3, -0.25) is 67.1 Å². The average Bonchev–Trinajstić information content (AvgIpc) is 1.77. The Kier molecular flexibility index (Phi) is 37.2. The highest BCUT2D eigenvalue weighted by atomic mass is 32.2. The monoisotopic (exact) mass is 1450 g/mol. The number of nitrogens with two attached hydrogens (primary N) is 3. The molecule has 0 saturated carbocycles. The lowest BCUT2D eigenvalue weighted by Gasteiger charge is -2.30. The fourth-order valence-corrected chi connectivity index (χ4v) is 10.6. The number of primary amides is 1. The van der Waals surface area contributed by atoms with E-state index >= 15 is 0 Å². The highest BCUT2D eigenvalue weighted by Crippen LogP contribution is 2.20. The van der Waals surface area contributed by atoms with Crippen LogP contribution in [0.15, 0.2) is 54.6 Å². The predicted octanol–water partition coefficient (Wildman–Crippen LogP) is -7.68. The smallest absolute Gasteiger partial charge is 0.326 e. The van der Waals surface area contributed by atoms with Crippen LogP contribution < -0.4 is 75.7 Å². The molecule has 1 saturated heterocycles. The van der Waals surface area contributed by atoms with E-state index in [1.54, 1.807) is 48.7 Å². The summed E-state index contributed by atoms with van der Waals surface area (Å²) >= 11 is 1.25. The Morgan fingerprint density at radius 1 is 0.545 bits per heavy atom.